The Labute approximate surface area is 316 Å². The zero-order chi connectivity index (χ0) is 39.6. The van der Waals surface area contributed by atoms with Crippen molar-refractivity contribution in [1.82, 2.24) is 21.3 Å². The number of aliphatic hydroxyl groups excluding tert-OH is 1. The molecule has 0 aromatic rings. The van der Waals surface area contributed by atoms with Gasteiger partial charge in [-0.1, -0.05) is 10.2 Å². The molecule has 0 unspecified atom stereocenters. The van der Waals surface area contributed by atoms with Gasteiger partial charge in [0.1, 0.15) is 6.04 Å². The first-order valence-corrected chi connectivity index (χ1v) is 18.2. The van der Waals surface area contributed by atoms with E-state index >= 15 is 0 Å². The average molecular weight is 777 g/mol. The molecule has 0 saturated carbocycles. The van der Waals surface area contributed by atoms with Crippen LogP contribution in [0.25, 0.3) is 20.9 Å². The second kappa shape index (κ2) is 40.4. The Balaban J connectivity index is 4.41. The van der Waals surface area contributed by atoms with Crippen LogP contribution in [0.3, 0.4) is 0 Å². The number of unbranched alkanes of at least 4 members (excludes halogenated alkanes) is 1. The van der Waals surface area contributed by atoms with E-state index in [1.807, 2.05) is 0 Å². The van der Waals surface area contributed by atoms with Crippen LogP contribution in [0.4, 0.5) is 0 Å². The van der Waals surface area contributed by atoms with E-state index in [2.05, 4.69) is 41.3 Å². The number of rotatable bonds is 40. The summed E-state index contributed by atoms with van der Waals surface area (Å²) >= 11 is 0. The number of carbonyl (C=O) groups is 4. The molecule has 0 saturated heterocycles. The summed E-state index contributed by atoms with van der Waals surface area (Å²) in [6.45, 7) is 5.55. The first-order valence-electron chi connectivity index (χ1n) is 18.2. The fourth-order valence-electron chi connectivity index (χ4n) is 4.14. The van der Waals surface area contributed by atoms with E-state index < -0.39 is 6.04 Å². The molecular weight excluding hydrogens is 716 g/mol. The highest BCUT2D eigenvalue weighted by molar-refractivity contribution is 5.87. The minimum atomic E-state index is -0.799. The van der Waals surface area contributed by atoms with Gasteiger partial charge in [-0.3, -0.25) is 19.2 Å². The lowest BCUT2D eigenvalue weighted by Crippen LogP contribution is -2.47. The standard InChI is InChI=1S/C32H60N10O12/c33-41-38-11-17-51-22-20-48-14-6-29(44)35-8-2-1-4-28(32(47)37-10-16-50-24-26-54-27-25-53-19-13-43)40-31(46)5-3-9-36-30(45)7-15-49-21-23-52-18-12-39-42-34/h28,43H,1-27H2,(H,35,44)(H,36,45)(H,37,47)(H,40,46)/t28-/m0/s1. The highest BCUT2D eigenvalue weighted by Crippen LogP contribution is 2.03. The molecule has 54 heavy (non-hydrogen) atoms. The normalized spacial score (nSPS) is 11.2. The average Bonchev–Trinajstić information content (AvgIpc) is 3.16. The summed E-state index contributed by atoms with van der Waals surface area (Å²) in [5.41, 5.74) is 16.4. The Morgan fingerprint density at radius 3 is 1.50 bits per heavy atom. The van der Waals surface area contributed by atoms with E-state index in [1.54, 1.807) is 0 Å². The van der Waals surface area contributed by atoms with Gasteiger partial charge in [0.25, 0.3) is 0 Å². The summed E-state index contributed by atoms with van der Waals surface area (Å²) in [5.74, 6) is -1.09. The molecule has 0 rings (SSSR count). The number of nitrogens with zero attached hydrogens (tertiary/aromatic N) is 6. The van der Waals surface area contributed by atoms with Crippen molar-refractivity contribution in [3.63, 3.8) is 0 Å². The van der Waals surface area contributed by atoms with E-state index in [0.717, 1.165) is 0 Å². The zero-order valence-corrected chi connectivity index (χ0v) is 31.3. The van der Waals surface area contributed by atoms with Crippen molar-refractivity contribution < 1.29 is 57.4 Å². The summed E-state index contributed by atoms with van der Waals surface area (Å²) in [5, 5.41) is 26.5. The number of carbonyl (C=O) groups excluding carboxylic acids is 4. The molecule has 0 aliphatic rings. The van der Waals surface area contributed by atoms with Crippen LogP contribution in [0.2, 0.25) is 0 Å². The molecule has 0 radical (unpaired) electrons. The summed E-state index contributed by atoms with van der Waals surface area (Å²) in [7, 11) is 0. The second-order valence-electron chi connectivity index (χ2n) is 11.1. The molecule has 0 heterocycles. The van der Waals surface area contributed by atoms with Crippen molar-refractivity contribution in [1.29, 1.82) is 0 Å². The largest absolute Gasteiger partial charge is 0.394 e. The molecule has 0 aliphatic carbocycles. The molecule has 0 aromatic heterocycles. The molecular formula is C32H60N10O12. The van der Waals surface area contributed by atoms with E-state index in [1.165, 1.54) is 0 Å². The SMILES string of the molecule is [N-]=[N+]=NCCOCCOCCC(=O)NCCCC[C@H](NC(=O)CCCNC(=O)CCOCCOCCN=[N+]=[N-])C(=O)NCCOCCOCCOCCO. The maximum absolute atomic E-state index is 13.0. The van der Waals surface area contributed by atoms with Gasteiger partial charge in [-0.25, -0.2) is 0 Å². The van der Waals surface area contributed by atoms with Crippen LogP contribution in [0, 0.1) is 0 Å². The van der Waals surface area contributed by atoms with Crippen LogP contribution in [0.15, 0.2) is 10.2 Å². The van der Waals surface area contributed by atoms with Gasteiger partial charge in [-0.2, -0.15) is 0 Å². The van der Waals surface area contributed by atoms with Crippen LogP contribution in [0.1, 0.15) is 44.9 Å². The van der Waals surface area contributed by atoms with Gasteiger partial charge in [0, 0.05) is 61.8 Å². The van der Waals surface area contributed by atoms with Gasteiger partial charge in [0.05, 0.1) is 99.1 Å². The first-order chi connectivity index (χ1) is 26.4. The molecule has 0 bridgehead atoms. The lowest BCUT2D eigenvalue weighted by molar-refractivity contribution is -0.129. The predicted molar refractivity (Wildman–Crippen MR) is 194 cm³/mol. The fraction of sp³-hybridized carbons (Fsp3) is 0.875. The summed E-state index contributed by atoms with van der Waals surface area (Å²) in [6, 6.07) is -0.799. The number of hydrogen-bond donors (Lipinski definition) is 5. The van der Waals surface area contributed by atoms with Crippen molar-refractivity contribution in [2.45, 2.75) is 51.0 Å². The number of azide groups is 2. The molecule has 310 valence electrons. The van der Waals surface area contributed by atoms with Gasteiger partial charge in [-0.15, -0.1) is 0 Å². The van der Waals surface area contributed by atoms with Crippen molar-refractivity contribution in [2.24, 2.45) is 10.2 Å². The number of ether oxygens (including phenoxy) is 7. The maximum atomic E-state index is 13.0. The lowest BCUT2D eigenvalue weighted by atomic mass is 10.1. The molecule has 0 spiro atoms. The number of amides is 4. The molecule has 0 aliphatic heterocycles. The van der Waals surface area contributed by atoms with Gasteiger partial charge in [-0.05, 0) is 36.7 Å². The van der Waals surface area contributed by atoms with Gasteiger partial charge < -0.3 is 59.5 Å². The second-order valence-corrected chi connectivity index (χ2v) is 11.1. The molecule has 0 aromatic carbocycles. The third-order valence-electron chi connectivity index (χ3n) is 6.81. The predicted octanol–water partition coefficient (Wildman–Crippen LogP) is 0.280. The molecule has 0 fully saturated rings. The zero-order valence-electron chi connectivity index (χ0n) is 31.3. The van der Waals surface area contributed by atoms with E-state index in [9.17, 15) is 19.2 Å². The van der Waals surface area contributed by atoms with Crippen molar-refractivity contribution in [3.05, 3.63) is 20.9 Å². The van der Waals surface area contributed by atoms with E-state index in [4.69, 9.17) is 49.3 Å². The summed E-state index contributed by atoms with van der Waals surface area (Å²) < 4.78 is 37.1. The van der Waals surface area contributed by atoms with Gasteiger partial charge in [0.15, 0.2) is 0 Å². The number of nitrogens with one attached hydrogen (secondary N) is 4. The Bertz CT molecular complexity index is 1070. The van der Waals surface area contributed by atoms with Gasteiger partial charge in [0.2, 0.25) is 23.6 Å². The maximum Gasteiger partial charge on any atom is 0.242 e. The highest BCUT2D eigenvalue weighted by Gasteiger charge is 2.20. The highest BCUT2D eigenvalue weighted by atomic mass is 16.5. The van der Waals surface area contributed by atoms with E-state index in [0.29, 0.717) is 98.3 Å². The Kier molecular flexibility index (Phi) is 37.5. The molecule has 22 heteroatoms. The topological polar surface area (TPSA) is 299 Å². The Morgan fingerprint density at radius 1 is 0.519 bits per heavy atom. The van der Waals surface area contributed by atoms with Crippen molar-refractivity contribution in [3.8, 4) is 0 Å². The minimum Gasteiger partial charge on any atom is -0.394 e. The van der Waals surface area contributed by atoms with Gasteiger partial charge >= 0.3 is 0 Å². The summed E-state index contributed by atoms with van der Waals surface area (Å²) in [4.78, 5) is 55.1. The number of aliphatic hydroxyl groups is 1. The molecule has 1 atom stereocenters. The first kappa shape index (κ1) is 50.2. The lowest BCUT2D eigenvalue weighted by Gasteiger charge is -2.19. The minimum absolute atomic E-state index is 0.0453. The fourth-order valence-corrected chi connectivity index (χ4v) is 4.14. The van der Waals surface area contributed by atoms with Crippen molar-refractivity contribution in [2.75, 3.05) is 132 Å². The smallest absolute Gasteiger partial charge is 0.242 e. The third kappa shape index (κ3) is 36.5. The van der Waals surface area contributed by atoms with Crippen molar-refractivity contribution >= 4 is 23.6 Å². The monoisotopic (exact) mass is 776 g/mol. The molecule has 22 nitrogen and oxygen atoms in total. The molecule has 4 amide bonds. The van der Waals surface area contributed by atoms with Crippen LogP contribution in [-0.2, 0) is 52.3 Å². The van der Waals surface area contributed by atoms with E-state index in [-0.39, 0.29) is 102 Å². The Hall–Kier alpha value is -3.82. The quantitative estimate of drug-likeness (QED) is 0.0243. The third-order valence-corrected chi connectivity index (χ3v) is 6.81. The Morgan fingerprint density at radius 2 is 0.981 bits per heavy atom. The van der Waals surface area contributed by atoms with Crippen LogP contribution < -0.4 is 21.3 Å². The molecule has 5 N–H and O–H groups in total. The number of hydrogen-bond acceptors (Lipinski definition) is 14. The summed E-state index contributed by atoms with van der Waals surface area (Å²) in [6.07, 6.45) is 2.28. The van der Waals surface area contributed by atoms with Crippen LogP contribution >= 0.6 is 0 Å². The van der Waals surface area contributed by atoms with Crippen LogP contribution in [0.5, 0.6) is 0 Å². The van der Waals surface area contributed by atoms with Crippen LogP contribution in [-0.4, -0.2) is 167 Å².